The van der Waals surface area contributed by atoms with Crippen molar-refractivity contribution < 1.29 is 9.53 Å². The molecule has 0 saturated carbocycles. The molecular weight excluding hydrogens is 236 g/mol. The van der Waals surface area contributed by atoms with Crippen molar-refractivity contribution in [3.05, 3.63) is 0 Å². The molecule has 0 aliphatic heterocycles. The summed E-state index contributed by atoms with van der Waals surface area (Å²) in [4.78, 5) is 12.6. The Morgan fingerprint density at radius 1 is 0.947 bits per heavy atom. The van der Waals surface area contributed by atoms with Gasteiger partial charge in [-0.05, 0) is 25.2 Å². The van der Waals surface area contributed by atoms with Gasteiger partial charge in [-0.3, -0.25) is 4.79 Å². The number of hydrogen-bond acceptors (Lipinski definition) is 2. The highest BCUT2D eigenvalue weighted by atomic mass is 16.5. The lowest BCUT2D eigenvalue weighted by molar-refractivity contribution is -0.160. The van der Waals surface area contributed by atoms with E-state index in [1.54, 1.807) is 0 Å². The Kier molecular flexibility index (Phi) is 9.99. The van der Waals surface area contributed by atoms with E-state index in [9.17, 15) is 4.79 Å². The third-order valence-electron chi connectivity index (χ3n) is 4.20. The molecule has 0 spiro atoms. The fourth-order valence-corrected chi connectivity index (χ4v) is 2.58. The Labute approximate surface area is 120 Å². The molecule has 0 aromatic carbocycles. The molecule has 0 rings (SSSR count). The minimum Gasteiger partial charge on any atom is -0.465 e. The van der Waals surface area contributed by atoms with Crippen LogP contribution in [0.4, 0.5) is 0 Å². The summed E-state index contributed by atoms with van der Waals surface area (Å²) in [5.41, 5.74) is -0.250. The molecule has 114 valence electrons. The van der Waals surface area contributed by atoms with E-state index in [1.807, 2.05) is 0 Å². The number of hydrogen-bond donors (Lipinski definition) is 0. The number of carbonyl (C=O) groups excluding carboxylic acids is 1. The van der Waals surface area contributed by atoms with Crippen LogP contribution in [0.5, 0.6) is 0 Å². The van der Waals surface area contributed by atoms with Crippen molar-refractivity contribution in [2.45, 2.75) is 86.0 Å². The molecule has 0 aliphatic carbocycles. The number of unbranched alkanes of at least 4 members (excludes halogenated alkanes) is 3. The van der Waals surface area contributed by atoms with Crippen molar-refractivity contribution in [1.29, 1.82) is 0 Å². The van der Waals surface area contributed by atoms with Gasteiger partial charge in [-0.1, -0.05) is 66.7 Å². The first-order valence-electron chi connectivity index (χ1n) is 8.22. The monoisotopic (exact) mass is 270 g/mol. The second-order valence-electron chi connectivity index (χ2n) is 6.01. The van der Waals surface area contributed by atoms with E-state index in [0.29, 0.717) is 12.5 Å². The fourth-order valence-electron chi connectivity index (χ4n) is 2.58. The van der Waals surface area contributed by atoms with Crippen LogP contribution >= 0.6 is 0 Å². The molecule has 0 N–H and O–H groups in total. The zero-order chi connectivity index (χ0) is 14.7. The first kappa shape index (κ1) is 18.5. The molecule has 0 saturated heterocycles. The number of carbonyl (C=O) groups is 1. The fraction of sp³-hybridized carbons (Fsp3) is 0.941. The highest BCUT2D eigenvalue weighted by Crippen LogP contribution is 2.40. The third kappa shape index (κ3) is 5.97. The van der Waals surface area contributed by atoms with Crippen LogP contribution in [0.2, 0.25) is 0 Å². The molecule has 0 unspecified atom stereocenters. The third-order valence-corrected chi connectivity index (χ3v) is 4.20. The van der Waals surface area contributed by atoms with E-state index in [2.05, 4.69) is 34.6 Å². The van der Waals surface area contributed by atoms with Crippen LogP contribution in [0, 0.1) is 11.3 Å². The summed E-state index contributed by atoms with van der Waals surface area (Å²) >= 11 is 0. The lowest BCUT2D eigenvalue weighted by Crippen LogP contribution is -2.38. The van der Waals surface area contributed by atoms with Crippen LogP contribution in [0.25, 0.3) is 0 Å². The molecule has 19 heavy (non-hydrogen) atoms. The van der Waals surface area contributed by atoms with Gasteiger partial charge in [0.1, 0.15) is 0 Å². The van der Waals surface area contributed by atoms with Gasteiger partial charge >= 0.3 is 5.97 Å². The highest BCUT2D eigenvalue weighted by Gasteiger charge is 2.41. The Morgan fingerprint density at radius 3 is 1.79 bits per heavy atom. The summed E-state index contributed by atoms with van der Waals surface area (Å²) in [5, 5.41) is 0. The van der Waals surface area contributed by atoms with Crippen LogP contribution in [0.15, 0.2) is 0 Å². The van der Waals surface area contributed by atoms with Crippen LogP contribution in [-0.2, 0) is 9.53 Å². The van der Waals surface area contributed by atoms with Crippen molar-refractivity contribution in [1.82, 2.24) is 0 Å². The van der Waals surface area contributed by atoms with Gasteiger partial charge < -0.3 is 4.74 Å². The molecule has 0 aromatic rings. The molecule has 0 aliphatic rings. The Hall–Kier alpha value is -0.530. The molecule has 0 radical (unpaired) electrons. The summed E-state index contributed by atoms with van der Waals surface area (Å²) < 4.78 is 5.56. The van der Waals surface area contributed by atoms with Crippen LogP contribution < -0.4 is 0 Å². The second-order valence-corrected chi connectivity index (χ2v) is 6.01. The van der Waals surface area contributed by atoms with E-state index in [-0.39, 0.29) is 11.4 Å². The zero-order valence-electron chi connectivity index (χ0n) is 13.8. The maximum Gasteiger partial charge on any atom is 0.312 e. The average Bonchev–Trinajstić information content (AvgIpc) is 2.39. The topological polar surface area (TPSA) is 26.3 Å². The van der Waals surface area contributed by atoms with Crippen molar-refractivity contribution in [3.63, 3.8) is 0 Å². The molecule has 0 aromatic heterocycles. The molecule has 0 amide bonds. The maximum absolute atomic E-state index is 12.6. The number of rotatable bonds is 11. The summed E-state index contributed by atoms with van der Waals surface area (Å²) in [6, 6.07) is 0. The van der Waals surface area contributed by atoms with Gasteiger partial charge in [-0.25, -0.2) is 0 Å². The normalized spacial score (nSPS) is 11.9. The minimum atomic E-state index is -0.250. The van der Waals surface area contributed by atoms with Crippen molar-refractivity contribution in [2.24, 2.45) is 11.3 Å². The van der Waals surface area contributed by atoms with Gasteiger partial charge in [0.05, 0.1) is 12.0 Å². The molecule has 0 atom stereocenters. The molecule has 0 bridgehead atoms. The van der Waals surface area contributed by atoms with Crippen LogP contribution in [0.1, 0.15) is 86.0 Å². The van der Waals surface area contributed by atoms with E-state index in [1.165, 1.54) is 0 Å². The van der Waals surface area contributed by atoms with Gasteiger partial charge in [0, 0.05) is 0 Å². The molecule has 0 fully saturated rings. The van der Waals surface area contributed by atoms with Crippen LogP contribution in [0.3, 0.4) is 0 Å². The predicted octanol–water partition coefficient (Wildman–Crippen LogP) is 5.35. The van der Waals surface area contributed by atoms with Gasteiger partial charge in [-0.15, -0.1) is 0 Å². The minimum absolute atomic E-state index is 0.0536. The number of ether oxygens (including phenoxy) is 1. The maximum atomic E-state index is 12.6. The van der Waals surface area contributed by atoms with Gasteiger partial charge in [-0.2, -0.15) is 0 Å². The molecule has 2 nitrogen and oxygen atoms in total. The van der Waals surface area contributed by atoms with E-state index < -0.39 is 0 Å². The average molecular weight is 270 g/mol. The number of esters is 1. The predicted molar refractivity (Wildman–Crippen MR) is 82.2 cm³/mol. The van der Waals surface area contributed by atoms with E-state index in [0.717, 1.165) is 51.4 Å². The van der Waals surface area contributed by atoms with Gasteiger partial charge in [0.25, 0.3) is 0 Å². The first-order chi connectivity index (χ1) is 9.05. The van der Waals surface area contributed by atoms with Crippen molar-refractivity contribution in [3.8, 4) is 0 Å². The molecule has 0 heterocycles. The molecular formula is C17H34O2. The quantitative estimate of drug-likeness (QED) is 0.373. The second kappa shape index (κ2) is 10.3. The summed E-state index contributed by atoms with van der Waals surface area (Å²) in [7, 11) is 0. The Morgan fingerprint density at radius 2 is 1.42 bits per heavy atom. The van der Waals surface area contributed by atoms with E-state index >= 15 is 0 Å². The van der Waals surface area contributed by atoms with Crippen molar-refractivity contribution in [2.75, 3.05) is 6.61 Å². The van der Waals surface area contributed by atoms with E-state index in [4.69, 9.17) is 4.74 Å². The Bertz CT molecular complexity index is 225. The summed E-state index contributed by atoms with van der Waals surface area (Å²) in [6.07, 6.45) is 8.52. The summed E-state index contributed by atoms with van der Waals surface area (Å²) in [6.45, 7) is 11.4. The van der Waals surface area contributed by atoms with Crippen LogP contribution in [-0.4, -0.2) is 12.6 Å². The zero-order valence-corrected chi connectivity index (χ0v) is 13.8. The largest absolute Gasteiger partial charge is 0.465 e. The lowest BCUT2D eigenvalue weighted by atomic mass is 9.70. The lowest BCUT2D eigenvalue weighted by Gasteiger charge is -2.35. The van der Waals surface area contributed by atoms with Gasteiger partial charge in [0.15, 0.2) is 0 Å². The summed E-state index contributed by atoms with van der Waals surface area (Å²) in [5.74, 6) is 0.414. The highest BCUT2D eigenvalue weighted by molar-refractivity contribution is 5.77. The smallest absolute Gasteiger partial charge is 0.312 e. The molecule has 2 heteroatoms. The SMILES string of the molecule is CCCCOC(=O)C(CCCC)(CCCC)C(C)C. The Balaban J connectivity index is 4.79. The van der Waals surface area contributed by atoms with Gasteiger partial charge in [0.2, 0.25) is 0 Å². The standard InChI is InChI=1S/C17H34O2/c1-6-9-12-17(15(4)5,13-10-7-2)16(18)19-14-11-8-3/h15H,6-14H2,1-5H3. The van der Waals surface area contributed by atoms with Crippen molar-refractivity contribution >= 4 is 5.97 Å². The first-order valence-corrected chi connectivity index (χ1v) is 8.22.